The molecule has 0 amide bonds. The van der Waals surface area contributed by atoms with Crippen LogP contribution in [0, 0.1) is 0 Å². The first-order valence-corrected chi connectivity index (χ1v) is 12.2. The predicted octanol–water partition coefficient (Wildman–Crippen LogP) is 4.93. The minimum atomic E-state index is -0.586. The normalized spacial score (nSPS) is 18.1. The average Bonchev–Trinajstić information content (AvgIpc) is 3.21. The molecule has 1 atom stereocenters. The number of nitrogens with zero attached hydrogens (tertiary/aromatic N) is 1. The molecule has 32 heavy (non-hydrogen) atoms. The molecule has 1 aromatic heterocycles. The highest BCUT2D eigenvalue weighted by Crippen LogP contribution is 2.37. The number of hydrogen-bond acceptors (Lipinski definition) is 7. The average molecular weight is 478 g/mol. The van der Waals surface area contributed by atoms with Gasteiger partial charge < -0.3 is 14.2 Å². The second-order valence-electron chi connectivity index (χ2n) is 8.23. The van der Waals surface area contributed by atoms with Gasteiger partial charge in [0.1, 0.15) is 12.6 Å². The number of benzene rings is 1. The number of carbonyl (C=O) groups excluding carboxylic acids is 2. The predicted molar refractivity (Wildman–Crippen MR) is 123 cm³/mol. The van der Waals surface area contributed by atoms with Gasteiger partial charge >= 0.3 is 11.9 Å². The molecule has 1 aliphatic carbocycles. The largest absolute Gasteiger partial charge is 0.468 e. The van der Waals surface area contributed by atoms with Crippen LogP contribution in [0.2, 0.25) is 5.02 Å². The fourth-order valence-corrected chi connectivity index (χ4v) is 5.70. The quantitative estimate of drug-likeness (QED) is 0.527. The van der Waals surface area contributed by atoms with Crippen LogP contribution >= 0.6 is 22.9 Å². The second kappa shape index (κ2) is 10.8. The van der Waals surface area contributed by atoms with Crippen LogP contribution in [0.5, 0.6) is 5.06 Å². The Morgan fingerprint density at radius 1 is 1.22 bits per heavy atom. The highest BCUT2D eigenvalue weighted by Gasteiger charge is 2.33. The third-order valence-electron chi connectivity index (χ3n) is 6.07. The second-order valence-corrected chi connectivity index (χ2v) is 9.73. The SMILES string of the molecule is COC(=O)[C@H](c1ccccc1Cl)N1CCc2sc(OC(=O)COC3CCCCC3)cc2C1. The molecule has 0 saturated heterocycles. The van der Waals surface area contributed by atoms with Gasteiger partial charge in [0.15, 0.2) is 5.06 Å². The maximum absolute atomic E-state index is 12.6. The van der Waals surface area contributed by atoms with E-state index in [1.807, 2.05) is 24.3 Å². The zero-order valence-corrected chi connectivity index (χ0v) is 19.8. The molecular weight excluding hydrogens is 450 g/mol. The fourth-order valence-electron chi connectivity index (χ4n) is 4.44. The molecule has 2 heterocycles. The van der Waals surface area contributed by atoms with Crippen LogP contribution in [0.25, 0.3) is 0 Å². The Hall–Kier alpha value is -1.93. The Kier molecular flexibility index (Phi) is 7.84. The smallest absolute Gasteiger partial charge is 0.338 e. The van der Waals surface area contributed by atoms with Crippen LogP contribution in [-0.4, -0.2) is 43.2 Å². The van der Waals surface area contributed by atoms with Crippen LogP contribution < -0.4 is 4.74 Å². The third kappa shape index (κ3) is 5.52. The number of fused-ring (bicyclic) bond motifs is 1. The van der Waals surface area contributed by atoms with Crippen LogP contribution in [0.3, 0.4) is 0 Å². The van der Waals surface area contributed by atoms with Gasteiger partial charge in [-0.3, -0.25) is 4.90 Å². The van der Waals surface area contributed by atoms with E-state index in [0.29, 0.717) is 23.2 Å². The third-order valence-corrected chi connectivity index (χ3v) is 7.53. The van der Waals surface area contributed by atoms with Gasteiger partial charge in [0.2, 0.25) is 0 Å². The zero-order chi connectivity index (χ0) is 22.5. The molecular formula is C24H28ClNO5S. The molecule has 1 aliphatic heterocycles. The van der Waals surface area contributed by atoms with Crippen molar-refractivity contribution in [1.82, 2.24) is 4.90 Å². The summed E-state index contributed by atoms with van der Waals surface area (Å²) in [5.74, 6) is -0.710. The summed E-state index contributed by atoms with van der Waals surface area (Å²) in [6, 6.07) is 8.64. The van der Waals surface area contributed by atoms with Crippen molar-refractivity contribution >= 4 is 34.9 Å². The van der Waals surface area contributed by atoms with Gasteiger partial charge in [-0.2, -0.15) is 0 Å². The van der Waals surface area contributed by atoms with Crippen molar-refractivity contribution in [2.45, 2.75) is 57.2 Å². The van der Waals surface area contributed by atoms with Crippen molar-refractivity contribution in [2.24, 2.45) is 0 Å². The van der Waals surface area contributed by atoms with Crippen LogP contribution in [0.15, 0.2) is 30.3 Å². The van der Waals surface area contributed by atoms with E-state index in [2.05, 4.69) is 4.90 Å². The number of esters is 2. The first-order valence-electron chi connectivity index (χ1n) is 11.1. The molecule has 0 radical (unpaired) electrons. The van der Waals surface area contributed by atoms with Crippen molar-refractivity contribution in [3.8, 4) is 5.06 Å². The zero-order valence-electron chi connectivity index (χ0n) is 18.2. The van der Waals surface area contributed by atoms with Crippen molar-refractivity contribution in [3.63, 3.8) is 0 Å². The number of halogens is 1. The molecule has 1 aromatic carbocycles. The van der Waals surface area contributed by atoms with Crippen LogP contribution in [-0.2, 0) is 32.0 Å². The van der Waals surface area contributed by atoms with E-state index >= 15 is 0 Å². The Balaban J connectivity index is 1.40. The molecule has 0 N–H and O–H groups in total. The Morgan fingerprint density at radius 3 is 2.75 bits per heavy atom. The molecule has 6 nitrogen and oxygen atoms in total. The van der Waals surface area contributed by atoms with Gasteiger partial charge in [-0.05, 0) is 42.5 Å². The van der Waals surface area contributed by atoms with Crippen molar-refractivity contribution in [2.75, 3.05) is 20.3 Å². The number of thiophene rings is 1. The van der Waals surface area contributed by atoms with Gasteiger partial charge in [0, 0.05) is 23.0 Å². The molecule has 0 unspecified atom stereocenters. The fraction of sp³-hybridized carbons (Fsp3) is 0.500. The molecule has 0 spiro atoms. The maximum Gasteiger partial charge on any atom is 0.338 e. The Morgan fingerprint density at radius 2 is 2.00 bits per heavy atom. The van der Waals surface area contributed by atoms with E-state index in [9.17, 15) is 9.59 Å². The lowest BCUT2D eigenvalue weighted by Crippen LogP contribution is -2.38. The summed E-state index contributed by atoms with van der Waals surface area (Å²) in [5.41, 5.74) is 1.78. The lowest BCUT2D eigenvalue weighted by molar-refractivity contribution is -0.147. The number of hydrogen-bond donors (Lipinski definition) is 0. The lowest BCUT2D eigenvalue weighted by Gasteiger charge is -2.33. The van der Waals surface area contributed by atoms with E-state index in [-0.39, 0.29) is 24.6 Å². The number of carbonyl (C=O) groups is 2. The lowest BCUT2D eigenvalue weighted by atomic mass is 9.98. The van der Waals surface area contributed by atoms with E-state index in [0.717, 1.165) is 43.2 Å². The molecule has 8 heteroatoms. The summed E-state index contributed by atoms with van der Waals surface area (Å²) >= 11 is 7.87. The minimum absolute atomic E-state index is 0.0176. The summed E-state index contributed by atoms with van der Waals surface area (Å²) in [6.45, 7) is 1.21. The van der Waals surface area contributed by atoms with Crippen LogP contribution in [0.4, 0.5) is 0 Å². The summed E-state index contributed by atoms with van der Waals surface area (Å²) < 4.78 is 16.4. The van der Waals surface area contributed by atoms with Gasteiger partial charge in [0.25, 0.3) is 0 Å². The van der Waals surface area contributed by atoms with Crippen molar-refractivity contribution < 1.29 is 23.8 Å². The molecule has 2 aromatic rings. The summed E-state index contributed by atoms with van der Waals surface area (Å²) in [6.07, 6.45) is 6.53. The van der Waals surface area contributed by atoms with Gasteiger partial charge in [-0.25, -0.2) is 9.59 Å². The summed E-state index contributed by atoms with van der Waals surface area (Å²) in [4.78, 5) is 28.1. The van der Waals surface area contributed by atoms with E-state index < -0.39 is 6.04 Å². The highest BCUT2D eigenvalue weighted by molar-refractivity contribution is 7.14. The highest BCUT2D eigenvalue weighted by atomic mass is 35.5. The topological polar surface area (TPSA) is 65.1 Å². The molecule has 172 valence electrons. The number of methoxy groups -OCH3 is 1. The maximum atomic E-state index is 12.6. The molecule has 2 aliphatic rings. The first kappa shape index (κ1) is 23.2. The molecule has 0 bridgehead atoms. The summed E-state index contributed by atoms with van der Waals surface area (Å²) in [7, 11) is 1.39. The van der Waals surface area contributed by atoms with Crippen LogP contribution in [0.1, 0.15) is 54.1 Å². The van der Waals surface area contributed by atoms with E-state index in [4.69, 9.17) is 25.8 Å². The minimum Gasteiger partial charge on any atom is -0.468 e. The molecule has 1 saturated carbocycles. The molecule has 1 fully saturated rings. The van der Waals surface area contributed by atoms with E-state index in [1.54, 1.807) is 6.07 Å². The Bertz CT molecular complexity index is 956. The monoisotopic (exact) mass is 477 g/mol. The number of ether oxygens (including phenoxy) is 3. The van der Waals surface area contributed by atoms with E-state index in [1.165, 1.54) is 29.7 Å². The Labute approximate surface area is 197 Å². The number of rotatable bonds is 7. The van der Waals surface area contributed by atoms with Gasteiger partial charge in [0.05, 0.1) is 13.2 Å². The van der Waals surface area contributed by atoms with Crippen molar-refractivity contribution in [1.29, 1.82) is 0 Å². The van der Waals surface area contributed by atoms with Gasteiger partial charge in [-0.15, -0.1) is 11.3 Å². The summed E-state index contributed by atoms with van der Waals surface area (Å²) in [5, 5.41) is 1.10. The van der Waals surface area contributed by atoms with Crippen molar-refractivity contribution in [3.05, 3.63) is 51.4 Å². The molecule has 4 rings (SSSR count). The standard InChI is InChI=1S/C24H28ClNO5S/c1-29-24(28)23(18-9-5-6-10-19(18)25)26-12-11-20-16(14-26)13-22(32-20)31-21(27)15-30-17-7-3-2-4-8-17/h5-6,9-10,13,17,23H,2-4,7-8,11-12,14-15H2,1H3/t23-/m0/s1. The first-order chi connectivity index (χ1) is 15.5. The van der Waals surface area contributed by atoms with Gasteiger partial charge in [-0.1, -0.05) is 49.1 Å².